The van der Waals surface area contributed by atoms with Gasteiger partial charge in [0.25, 0.3) is 5.56 Å². The number of nitrogens with zero attached hydrogens (tertiary/aromatic N) is 3. The van der Waals surface area contributed by atoms with Crippen LogP contribution in [0.3, 0.4) is 0 Å². The smallest absolute Gasteiger partial charge is 0.431 e. The lowest BCUT2D eigenvalue weighted by Gasteiger charge is -2.17. The van der Waals surface area contributed by atoms with Crippen molar-refractivity contribution in [2.45, 2.75) is 13.1 Å². The fourth-order valence-electron chi connectivity index (χ4n) is 1.92. The van der Waals surface area contributed by atoms with Gasteiger partial charge in [-0.05, 0) is 19.1 Å². The van der Waals surface area contributed by atoms with Gasteiger partial charge >= 0.3 is 18.2 Å². The molecule has 0 aliphatic heterocycles. The van der Waals surface area contributed by atoms with E-state index in [4.69, 9.17) is 9.84 Å². The number of halogens is 3. The van der Waals surface area contributed by atoms with Crippen molar-refractivity contribution < 1.29 is 27.8 Å². The zero-order valence-electron chi connectivity index (χ0n) is 11.9. The number of aromatic carboxylic acids is 1. The van der Waals surface area contributed by atoms with Gasteiger partial charge in [0, 0.05) is 0 Å². The van der Waals surface area contributed by atoms with E-state index >= 15 is 0 Å². The van der Waals surface area contributed by atoms with Crippen LogP contribution in [-0.4, -0.2) is 32.7 Å². The van der Waals surface area contributed by atoms with Crippen LogP contribution in [0.4, 0.5) is 13.2 Å². The number of aromatic nitrogens is 3. The molecule has 0 radical (unpaired) electrons. The summed E-state index contributed by atoms with van der Waals surface area (Å²) in [5, 5.41) is 8.94. The van der Waals surface area contributed by atoms with Crippen LogP contribution in [0.2, 0.25) is 0 Å². The molecule has 0 unspecified atom stereocenters. The number of hydrogen-bond donors (Lipinski definition) is 1. The third kappa shape index (κ3) is 3.00. The molecule has 122 valence electrons. The van der Waals surface area contributed by atoms with Crippen molar-refractivity contribution in [3.63, 3.8) is 0 Å². The highest BCUT2D eigenvalue weighted by atomic mass is 19.4. The molecule has 2 aromatic rings. The van der Waals surface area contributed by atoms with Crippen molar-refractivity contribution in [1.82, 2.24) is 14.5 Å². The molecule has 0 aromatic carbocycles. The molecule has 2 heterocycles. The maximum atomic E-state index is 13.2. The fraction of sp³-hybridized carbons (Fsp3) is 0.231. The highest BCUT2D eigenvalue weighted by molar-refractivity contribution is 5.87. The van der Waals surface area contributed by atoms with Gasteiger partial charge in [-0.15, -0.1) is 0 Å². The van der Waals surface area contributed by atoms with E-state index in [-0.39, 0.29) is 22.0 Å². The summed E-state index contributed by atoms with van der Waals surface area (Å²) in [6.07, 6.45) is -3.91. The number of alkyl halides is 3. The molecule has 0 saturated carbocycles. The quantitative estimate of drug-likeness (QED) is 0.920. The van der Waals surface area contributed by atoms with Gasteiger partial charge < -0.3 is 9.84 Å². The van der Waals surface area contributed by atoms with E-state index in [1.165, 1.54) is 14.0 Å². The number of carbonyl (C=O) groups is 1. The van der Waals surface area contributed by atoms with Crippen molar-refractivity contribution in [1.29, 1.82) is 0 Å². The van der Waals surface area contributed by atoms with Crippen LogP contribution in [0.5, 0.6) is 6.01 Å². The molecular formula is C13H10F3N3O4. The Labute approximate surface area is 127 Å². The Kier molecular flexibility index (Phi) is 4.08. The maximum absolute atomic E-state index is 13.2. The first-order valence-corrected chi connectivity index (χ1v) is 6.11. The summed E-state index contributed by atoms with van der Waals surface area (Å²) in [6.45, 7) is 1.35. The van der Waals surface area contributed by atoms with Gasteiger partial charge in [-0.1, -0.05) is 0 Å². The van der Waals surface area contributed by atoms with Crippen molar-refractivity contribution in [2.24, 2.45) is 0 Å². The van der Waals surface area contributed by atoms with E-state index in [0.717, 1.165) is 6.20 Å². The van der Waals surface area contributed by atoms with Crippen LogP contribution in [0.25, 0.3) is 5.69 Å². The number of rotatable bonds is 3. The van der Waals surface area contributed by atoms with E-state index in [1.807, 2.05) is 0 Å². The van der Waals surface area contributed by atoms with E-state index in [1.54, 1.807) is 0 Å². The third-order valence-corrected chi connectivity index (χ3v) is 2.96. The zero-order valence-corrected chi connectivity index (χ0v) is 11.9. The Bertz CT molecular complexity index is 830. The summed E-state index contributed by atoms with van der Waals surface area (Å²) >= 11 is 0. The number of hydrogen-bond acceptors (Lipinski definition) is 5. The highest BCUT2D eigenvalue weighted by Crippen LogP contribution is 2.30. The predicted molar refractivity (Wildman–Crippen MR) is 70.9 cm³/mol. The second kappa shape index (κ2) is 5.71. The van der Waals surface area contributed by atoms with Gasteiger partial charge in [-0.25, -0.2) is 9.78 Å². The third-order valence-electron chi connectivity index (χ3n) is 2.96. The predicted octanol–water partition coefficient (Wildman–Crippen LogP) is 1.66. The van der Waals surface area contributed by atoms with Crippen molar-refractivity contribution in [2.75, 3.05) is 7.11 Å². The first-order valence-electron chi connectivity index (χ1n) is 6.11. The lowest BCUT2D eigenvalue weighted by Crippen LogP contribution is -2.31. The van der Waals surface area contributed by atoms with Crippen molar-refractivity contribution >= 4 is 5.97 Å². The Morgan fingerprint density at radius 1 is 1.35 bits per heavy atom. The number of pyridine rings is 1. The Hall–Kier alpha value is -2.91. The van der Waals surface area contributed by atoms with Crippen LogP contribution in [0, 0.1) is 6.92 Å². The van der Waals surface area contributed by atoms with Gasteiger partial charge in [-0.2, -0.15) is 18.2 Å². The average molecular weight is 329 g/mol. The number of carboxylic acids is 1. The summed E-state index contributed by atoms with van der Waals surface area (Å²) in [5.41, 5.74) is -3.72. The largest absolute Gasteiger partial charge is 0.477 e. The monoisotopic (exact) mass is 329 g/mol. The zero-order chi connectivity index (χ0) is 17.4. The fourth-order valence-corrected chi connectivity index (χ4v) is 1.92. The minimum atomic E-state index is -4.87. The van der Waals surface area contributed by atoms with Crippen LogP contribution in [0.1, 0.15) is 21.7 Å². The van der Waals surface area contributed by atoms with Gasteiger partial charge in [0.15, 0.2) is 0 Å². The van der Waals surface area contributed by atoms with Gasteiger partial charge in [0.2, 0.25) is 0 Å². The molecule has 0 aliphatic rings. The normalized spacial score (nSPS) is 11.3. The van der Waals surface area contributed by atoms with E-state index in [9.17, 15) is 22.8 Å². The summed E-state index contributed by atoms with van der Waals surface area (Å²) in [6, 6.07) is 1.04. The average Bonchev–Trinajstić information content (AvgIpc) is 2.45. The standard InChI is InChI=1S/C13H10F3N3O4/c1-6-8(5-17-12(18-6)23-2)19-9(13(14,15)16)4-3-7(10(19)20)11(21)22/h3-5H,1-2H3,(H,21,22). The topological polar surface area (TPSA) is 94.3 Å². The molecule has 23 heavy (non-hydrogen) atoms. The molecule has 2 aromatic heterocycles. The molecule has 0 saturated heterocycles. The SMILES string of the molecule is COc1ncc(-n2c(C(F)(F)F)ccc(C(=O)O)c2=O)c(C)n1. The summed E-state index contributed by atoms with van der Waals surface area (Å²) in [7, 11) is 1.27. The van der Waals surface area contributed by atoms with Crippen LogP contribution < -0.4 is 10.3 Å². The van der Waals surface area contributed by atoms with E-state index in [2.05, 4.69) is 9.97 Å². The number of ether oxygens (including phenoxy) is 1. The van der Waals surface area contributed by atoms with Gasteiger partial charge in [0.05, 0.1) is 24.7 Å². The molecule has 10 heteroatoms. The van der Waals surface area contributed by atoms with Crippen LogP contribution in [0.15, 0.2) is 23.1 Å². The molecule has 0 bridgehead atoms. The van der Waals surface area contributed by atoms with Gasteiger partial charge in [0.1, 0.15) is 11.3 Å². The van der Waals surface area contributed by atoms with Crippen molar-refractivity contribution in [3.05, 3.63) is 45.6 Å². The van der Waals surface area contributed by atoms with Crippen molar-refractivity contribution in [3.8, 4) is 11.7 Å². The number of aryl methyl sites for hydroxylation is 1. The molecule has 0 fully saturated rings. The highest BCUT2D eigenvalue weighted by Gasteiger charge is 2.36. The Morgan fingerprint density at radius 3 is 2.48 bits per heavy atom. The molecule has 0 aliphatic carbocycles. The number of methoxy groups -OCH3 is 1. The first kappa shape index (κ1) is 16.5. The van der Waals surface area contributed by atoms with E-state index in [0.29, 0.717) is 12.1 Å². The summed E-state index contributed by atoms with van der Waals surface area (Å²) < 4.78 is 44.4. The molecule has 0 atom stereocenters. The molecule has 0 spiro atoms. The van der Waals surface area contributed by atoms with Gasteiger partial charge in [-0.3, -0.25) is 9.36 Å². The van der Waals surface area contributed by atoms with Crippen LogP contribution >= 0.6 is 0 Å². The Morgan fingerprint density at radius 2 is 2.00 bits per heavy atom. The summed E-state index contributed by atoms with van der Waals surface area (Å²) in [5.74, 6) is -1.63. The molecule has 2 rings (SSSR count). The minimum absolute atomic E-state index is 0.0204. The second-order valence-electron chi connectivity index (χ2n) is 4.40. The first-order chi connectivity index (χ1) is 10.7. The summed E-state index contributed by atoms with van der Waals surface area (Å²) in [4.78, 5) is 30.7. The lowest BCUT2D eigenvalue weighted by atomic mass is 10.2. The molecule has 7 nitrogen and oxygen atoms in total. The second-order valence-corrected chi connectivity index (χ2v) is 4.40. The Balaban J connectivity index is 2.85. The minimum Gasteiger partial charge on any atom is -0.477 e. The molecule has 1 N–H and O–H groups in total. The maximum Gasteiger partial charge on any atom is 0.431 e. The number of carboxylic acid groups (broad SMARTS) is 1. The molecular weight excluding hydrogens is 319 g/mol. The molecule has 0 amide bonds. The van der Waals surface area contributed by atoms with Crippen LogP contribution in [-0.2, 0) is 6.18 Å². The van der Waals surface area contributed by atoms with E-state index < -0.39 is 29.0 Å². The lowest BCUT2D eigenvalue weighted by molar-refractivity contribution is -0.142.